The number of fused-ring (bicyclic) bond motifs is 2. The molecule has 2 aromatic heterocycles. The molecule has 0 aliphatic heterocycles. The van der Waals surface area contributed by atoms with Crippen molar-refractivity contribution in [1.82, 2.24) is 19.7 Å². The van der Waals surface area contributed by atoms with Gasteiger partial charge in [-0.15, -0.1) is 0 Å². The van der Waals surface area contributed by atoms with E-state index in [-0.39, 0.29) is 6.04 Å². The molecule has 1 aliphatic carbocycles. The highest BCUT2D eigenvalue weighted by molar-refractivity contribution is 5.98. The molecule has 0 saturated heterocycles. The molecule has 0 atom stereocenters. The molecule has 2 N–H and O–H groups in total. The molecule has 0 saturated carbocycles. The highest BCUT2D eigenvalue weighted by atomic mass is 16.5. The van der Waals surface area contributed by atoms with Gasteiger partial charge >= 0.3 is 0 Å². The maximum atomic E-state index is 6.23. The van der Waals surface area contributed by atoms with Crippen molar-refractivity contribution in [3.05, 3.63) is 66.0 Å². The molecule has 2 heterocycles. The Balaban J connectivity index is 1.68. The first-order valence-corrected chi connectivity index (χ1v) is 8.94. The summed E-state index contributed by atoms with van der Waals surface area (Å²) in [7, 11) is 1.66. The van der Waals surface area contributed by atoms with Crippen LogP contribution in [-0.2, 0) is 12.8 Å². The molecule has 0 unspecified atom stereocenters. The first kappa shape index (κ1) is 15.8. The van der Waals surface area contributed by atoms with Gasteiger partial charge in [0.25, 0.3) is 0 Å². The van der Waals surface area contributed by atoms with Crippen LogP contribution >= 0.6 is 0 Å². The van der Waals surface area contributed by atoms with E-state index in [0.717, 1.165) is 40.9 Å². The zero-order valence-electron chi connectivity index (χ0n) is 15.0. The zero-order chi connectivity index (χ0) is 18.4. The lowest BCUT2D eigenvalue weighted by Crippen LogP contribution is -2.11. The smallest absolute Gasteiger partial charge is 0.164 e. The van der Waals surface area contributed by atoms with E-state index in [9.17, 15) is 0 Å². The van der Waals surface area contributed by atoms with Crippen LogP contribution < -0.4 is 10.5 Å². The fourth-order valence-electron chi connectivity index (χ4n) is 3.93. The third-order valence-electron chi connectivity index (χ3n) is 5.24. The summed E-state index contributed by atoms with van der Waals surface area (Å²) >= 11 is 0. The van der Waals surface area contributed by atoms with E-state index in [1.165, 1.54) is 17.5 Å². The number of nitrogen functional groups attached to an aromatic ring is 1. The molecule has 0 spiro atoms. The number of methoxy groups -OCH3 is 1. The van der Waals surface area contributed by atoms with Crippen molar-refractivity contribution in [2.24, 2.45) is 0 Å². The molecule has 2 aromatic carbocycles. The Bertz CT molecular complexity index is 1130. The minimum Gasteiger partial charge on any atom is -0.497 e. The van der Waals surface area contributed by atoms with Crippen LogP contribution in [0.2, 0.25) is 0 Å². The van der Waals surface area contributed by atoms with E-state index >= 15 is 0 Å². The first-order valence-electron chi connectivity index (χ1n) is 8.94. The number of ether oxygens (including phenoxy) is 1. The van der Waals surface area contributed by atoms with Gasteiger partial charge in [-0.1, -0.05) is 36.4 Å². The Labute approximate surface area is 156 Å². The quantitative estimate of drug-likeness (QED) is 0.608. The van der Waals surface area contributed by atoms with Gasteiger partial charge in [0.05, 0.1) is 18.5 Å². The van der Waals surface area contributed by atoms with Crippen molar-refractivity contribution in [2.45, 2.75) is 18.9 Å². The molecule has 27 heavy (non-hydrogen) atoms. The Kier molecular flexibility index (Phi) is 3.57. The number of hydrogen-bond donors (Lipinski definition) is 1. The minimum atomic E-state index is 0.221. The van der Waals surface area contributed by atoms with Crippen LogP contribution in [-0.4, -0.2) is 26.9 Å². The second-order valence-electron chi connectivity index (χ2n) is 6.81. The molecule has 0 fully saturated rings. The highest BCUT2D eigenvalue weighted by Gasteiger charge is 2.27. The molecule has 0 amide bonds. The lowest BCUT2D eigenvalue weighted by atomic mass is 10.1. The average molecular weight is 357 g/mol. The summed E-state index contributed by atoms with van der Waals surface area (Å²) in [4.78, 5) is 8.71. The van der Waals surface area contributed by atoms with Gasteiger partial charge in [-0.2, -0.15) is 5.10 Å². The maximum absolute atomic E-state index is 6.23. The monoisotopic (exact) mass is 357 g/mol. The maximum Gasteiger partial charge on any atom is 0.164 e. The van der Waals surface area contributed by atoms with E-state index in [2.05, 4.69) is 34.2 Å². The Morgan fingerprint density at radius 3 is 2.56 bits per heavy atom. The van der Waals surface area contributed by atoms with E-state index in [4.69, 9.17) is 15.6 Å². The van der Waals surface area contributed by atoms with E-state index in [1.54, 1.807) is 7.11 Å². The number of rotatable bonds is 3. The second kappa shape index (κ2) is 6.09. The molecule has 0 bridgehead atoms. The lowest BCUT2D eigenvalue weighted by molar-refractivity contribution is 0.415. The SMILES string of the molecule is COc1cccc(-c2nn(C3Cc4ccccc4C3)c3ncnc(N)c23)c1. The fourth-order valence-corrected chi connectivity index (χ4v) is 3.93. The average Bonchev–Trinajstić information content (AvgIpc) is 3.30. The molecule has 134 valence electrons. The van der Waals surface area contributed by atoms with Crippen molar-refractivity contribution in [3.63, 3.8) is 0 Å². The van der Waals surface area contributed by atoms with Crippen molar-refractivity contribution in [2.75, 3.05) is 12.8 Å². The Morgan fingerprint density at radius 2 is 1.81 bits per heavy atom. The van der Waals surface area contributed by atoms with Crippen molar-refractivity contribution in [1.29, 1.82) is 0 Å². The van der Waals surface area contributed by atoms with Crippen LogP contribution in [0.4, 0.5) is 5.82 Å². The van der Waals surface area contributed by atoms with Crippen LogP contribution in [0.25, 0.3) is 22.3 Å². The largest absolute Gasteiger partial charge is 0.497 e. The normalized spacial score (nSPS) is 13.8. The molecule has 5 rings (SSSR count). The van der Waals surface area contributed by atoms with Gasteiger partial charge in [-0.05, 0) is 36.1 Å². The molecule has 6 heteroatoms. The van der Waals surface area contributed by atoms with Gasteiger partial charge in [0, 0.05) is 5.56 Å². The number of aromatic nitrogens is 4. The standard InChI is InChI=1S/C21H19N5O/c1-27-17-8-4-7-15(11-17)19-18-20(22)23-12-24-21(18)26(25-19)16-9-13-5-2-3-6-14(13)10-16/h2-8,11-12,16H,9-10H2,1H3,(H2,22,23,24). The fraction of sp³-hybridized carbons (Fsp3) is 0.190. The van der Waals surface area contributed by atoms with Crippen molar-refractivity contribution < 1.29 is 4.74 Å². The van der Waals surface area contributed by atoms with Gasteiger partial charge in [-0.3, -0.25) is 0 Å². The topological polar surface area (TPSA) is 78.8 Å². The molecule has 1 aliphatic rings. The van der Waals surface area contributed by atoms with Crippen LogP contribution in [0.5, 0.6) is 5.75 Å². The molecule has 0 radical (unpaired) electrons. The van der Waals surface area contributed by atoms with Gasteiger partial charge in [0.15, 0.2) is 5.65 Å². The van der Waals surface area contributed by atoms with Gasteiger partial charge in [0.2, 0.25) is 0 Å². The second-order valence-corrected chi connectivity index (χ2v) is 6.81. The van der Waals surface area contributed by atoms with Crippen molar-refractivity contribution >= 4 is 16.9 Å². The number of nitrogens with two attached hydrogens (primary N) is 1. The third kappa shape index (κ3) is 2.52. The summed E-state index contributed by atoms with van der Waals surface area (Å²) in [6, 6.07) is 16.6. The van der Waals surface area contributed by atoms with Gasteiger partial charge < -0.3 is 10.5 Å². The number of anilines is 1. The molecule has 4 aromatic rings. The lowest BCUT2D eigenvalue weighted by Gasteiger charge is -2.10. The van der Waals surface area contributed by atoms with Crippen LogP contribution in [0.3, 0.4) is 0 Å². The minimum absolute atomic E-state index is 0.221. The van der Waals surface area contributed by atoms with E-state index < -0.39 is 0 Å². The molecular formula is C21H19N5O. The summed E-state index contributed by atoms with van der Waals surface area (Å²) in [6.07, 6.45) is 3.39. The summed E-state index contributed by atoms with van der Waals surface area (Å²) in [5, 5.41) is 5.73. The summed E-state index contributed by atoms with van der Waals surface area (Å²) in [5.41, 5.74) is 11.5. The molecular weight excluding hydrogens is 338 g/mol. The third-order valence-corrected chi connectivity index (χ3v) is 5.24. The van der Waals surface area contributed by atoms with Crippen molar-refractivity contribution in [3.8, 4) is 17.0 Å². The predicted molar refractivity (Wildman–Crippen MR) is 105 cm³/mol. The number of benzene rings is 2. The van der Waals surface area contributed by atoms with Crippen LogP contribution in [0.15, 0.2) is 54.9 Å². The Hall–Kier alpha value is -3.41. The molecule has 6 nitrogen and oxygen atoms in total. The van der Waals surface area contributed by atoms with E-state index in [0.29, 0.717) is 5.82 Å². The zero-order valence-corrected chi connectivity index (χ0v) is 15.0. The summed E-state index contributed by atoms with van der Waals surface area (Å²) < 4.78 is 7.39. The first-order chi connectivity index (χ1) is 13.2. The Morgan fingerprint density at radius 1 is 1.04 bits per heavy atom. The van der Waals surface area contributed by atoms with E-state index in [1.807, 2.05) is 28.9 Å². The van der Waals surface area contributed by atoms with Gasteiger partial charge in [0.1, 0.15) is 23.6 Å². The predicted octanol–water partition coefficient (Wildman–Crippen LogP) is 3.42. The number of hydrogen-bond acceptors (Lipinski definition) is 5. The van der Waals surface area contributed by atoms with Crippen LogP contribution in [0.1, 0.15) is 17.2 Å². The van der Waals surface area contributed by atoms with Crippen LogP contribution in [0, 0.1) is 0 Å². The summed E-state index contributed by atoms with van der Waals surface area (Å²) in [5.74, 6) is 1.22. The number of nitrogens with zero attached hydrogens (tertiary/aromatic N) is 4. The van der Waals surface area contributed by atoms with Gasteiger partial charge in [-0.25, -0.2) is 14.6 Å². The highest BCUT2D eigenvalue weighted by Crippen LogP contribution is 2.36. The summed E-state index contributed by atoms with van der Waals surface area (Å²) in [6.45, 7) is 0.